The summed E-state index contributed by atoms with van der Waals surface area (Å²) in [5, 5.41) is 0. The number of hydrogen-bond donors (Lipinski definition) is 0. The fourth-order valence-corrected chi connectivity index (χ4v) is 5.72. The zero-order chi connectivity index (χ0) is 11.5. The molecule has 0 saturated heterocycles. The molecule has 0 rings (SSSR count). The van der Waals surface area contributed by atoms with Crippen molar-refractivity contribution >= 4 is 7.92 Å². The highest BCUT2D eigenvalue weighted by Gasteiger charge is 2.17. The average molecular weight is 230 g/mol. The van der Waals surface area contributed by atoms with Gasteiger partial charge in [-0.2, -0.15) is 0 Å². The van der Waals surface area contributed by atoms with Gasteiger partial charge < -0.3 is 0 Å². The van der Waals surface area contributed by atoms with Crippen LogP contribution in [0.3, 0.4) is 0 Å². The molecular formula is C14H31P. The van der Waals surface area contributed by atoms with Crippen LogP contribution >= 0.6 is 7.92 Å². The summed E-state index contributed by atoms with van der Waals surface area (Å²) >= 11 is 0. The van der Waals surface area contributed by atoms with Crippen molar-refractivity contribution in [2.75, 3.05) is 12.3 Å². The third-order valence-corrected chi connectivity index (χ3v) is 6.64. The third-order valence-electron chi connectivity index (χ3n) is 3.21. The Hall–Kier alpha value is 0.430. The van der Waals surface area contributed by atoms with Gasteiger partial charge in [-0.05, 0) is 43.7 Å². The SMILES string of the molecule is CCCCP(CCCC)C(CC)CCC. The summed E-state index contributed by atoms with van der Waals surface area (Å²) in [4.78, 5) is 0. The van der Waals surface area contributed by atoms with Crippen molar-refractivity contribution in [1.29, 1.82) is 0 Å². The molecule has 0 bridgehead atoms. The molecule has 0 aliphatic carbocycles. The van der Waals surface area contributed by atoms with Crippen LogP contribution in [0.4, 0.5) is 0 Å². The van der Waals surface area contributed by atoms with Gasteiger partial charge in [-0.15, -0.1) is 7.92 Å². The summed E-state index contributed by atoms with van der Waals surface area (Å²) < 4.78 is 0. The quantitative estimate of drug-likeness (QED) is 0.425. The number of rotatable bonds is 10. The molecule has 92 valence electrons. The van der Waals surface area contributed by atoms with Crippen LogP contribution in [-0.2, 0) is 0 Å². The minimum absolute atomic E-state index is 0.358. The molecule has 1 unspecified atom stereocenters. The number of hydrogen-bond acceptors (Lipinski definition) is 0. The normalized spacial score (nSPS) is 13.4. The lowest BCUT2D eigenvalue weighted by Gasteiger charge is -2.26. The Labute approximate surface area is 99.0 Å². The van der Waals surface area contributed by atoms with Gasteiger partial charge in [0.25, 0.3) is 0 Å². The van der Waals surface area contributed by atoms with Crippen molar-refractivity contribution in [3.05, 3.63) is 0 Å². The zero-order valence-electron chi connectivity index (χ0n) is 11.4. The molecule has 0 aliphatic heterocycles. The molecule has 0 saturated carbocycles. The molecule has 0 aliphatic rings. The summed E-state index contributed by atoms with van der Waals surface area (Å²) in [6, 6.07) is 0. The van der Waals surface area contributed by atoms with E-state index in [1.807, 2.05) is 0 Å². The van der Waals surface area contributed by atoms with Gasteiger partial charge in [0.05, 0.1) is 0 Å². The highest BCUT2D eigenvalue weighted by Crippen LogP contribution is 2.46. The Kier molecular flexibility index (Phi) is 11.2. The molecule has 0 aromatic carbocycles. The Morgan fingerprint density at radius 3 is 1.67 bits per heavy atom. The van der Waals surface area contributed by atoms with E-state index in [1.54, 1.807) is 12.3 Å². The monoisotopic (exact) mass is 230 g/mol. The fourth-order valence-electron chi connectivity index (χ4n) is 2.18. The van der Waals surface area contributed by atoms with Crippen molar-refractivity contribution < 1.29 is 0 Å². The molecular weight excluding hydrogens is 199 g/mol. The van der Waals surface area contributed by atoms with Crippen molar-refractivity contribution in [1.82, 2.24) is 0 Å². The second kappa shape index (κ2) is 10.9. The van der Waals surface area contributed by atoms with E-state index in [2.05, 4.69) is 27.7 Å². The Morgan fingerprint density at radius 2 is 1.33 bits per heavy atom. The van der Waals surface area contributed by atoms with Crippen LogP contribution in [-0.4, -0.2) is 18.0 Å². The molecule has 1 atom stereocenters. The highest BCUT2D eigenvalue weighted by atomic mass is 31.1. The maximum atomic E-state index is 2.40. The lowest BCUT2D eigenvalue weighted by molar-refractivity contribution is 0.701. The second-order valence-electron chi connectivity index (χ2n) is 4.59. The third kappa shape index (κ3) is 7.34. The molecule has 0 aromatic heterocycles. The first kappa shape index (κ1) is 15.4. The van der Waals surface area contributed by atoms with E-state index in [1.165, 1.54) is 44.9 Å². The molecule has 0 heterocycles. The smallest absolute Gasteiger partial charge is 0.0212 e. The minimum Gasteiger partial charge on any atom is -0.104 e. The van der Waals surface area contributed by atoms with E-state index in [4.69, 9.17) is 0 Å². The van der Waals surface area contributed by atoms with E-state index in [-0.39, 0.29) is 0 Å². The summed E-state index contributed by atoms with van der Waals surface area (Å²) in [6.45, 7) is 9.39. The van der Waals surface area contributed by atoms with Gasteiger partial charge >= 0.3 is 0 Å². The highest BCUT2D eigenvalue weighted by molar-refractivity contribution is 7.58. The molecule has 0 nitrogen and oxygen atoms in total. The Bertz CT molecular complexity index is 115. The molecule has 0 aromatic rings. The summed E-state index contributed by atoms with van der Waals surface area (Å²) in [6.07, 6.45) is 13.1. The van der Waals surface area contributed by atoms with Crippen molar-refractivity contribution in [3.63, 3.8) is 0 Å². The molecule has 0 fully saturated rings. The summed E-state index contributed by atoms with van der Waals surface area (Å²) in [5.41, 5.74) is 1.07. The maximum absolute atomic E-state index is 2.40. The van der Waals surface area contributed by atoms with Gasteiger partial charge in [0.1, 0.15) is 0 Å². The maximum Gasteiger partial charge on any atom is -0.0212 e. The average Bonchev–Trinajstić information content (AvgIpc) is 2.27. The van der Waals surface area contributed by atoms with Crippen LogP contribution in [0.1, 0.15) is 72.6 Å². The van der Waals surface area contributed by atoms with E-state index in [9.17, 15) is 0 Å². The van der Waals surface area contributed by atoms with E-state index in [0.717, 1.165) is 5.66 Å². The topological polar surface area (TPSA) is 0 Å². The van der Waals surface area contributed by atoms with Crippen LogP contribution in [0.5, 0.6) is 0 Å². The largest absolute Gasteiger partial charge is 0.104 e. The molecule has 0 amide bonds. The predicted molar refractivity (Wildman–Crippen MR) is 75.5 cm³/mol. The van der Waals surface area contributed by atoms with Crippen LogP contribution in [0.2, 0.25) is 0 Å². The molecule has 1 heteroatoms. The van der Waals surface area contributed by atoms with Crippen molar-refractivity contribution in [2.45, 2.75) is 78.3 Å². The van der Waals surface area contributed by atoms with Gasteiger partial charge in [-0.3, -0.25) is 0 Å². The summed E-state index contributed by atoms with van der Waals surface area (Å²) in [7, 11) is 0.358. The second-order valence-corrected chi connectivity index (χ2v) is 7.40. The molecule has 15 heavy (non-hydrogen) atoms. The first-order chi connectivity index (χ1) is 7.29. The molecule has 0 spiro atoms. The van der Waals surface area contributed by atoms with E-state index < -0.39 is 0 Å². The van der Waals surface area contributed by atoms with Gasteiger partial charge in [0, 0.05) is 0 Å². The lowest BCUT2D eigenvalue weighted by atomic mass is 10.2. The predicted octanol–water partition coefficient (Wildman–Crippen LogP) is 5.65. The molecule has 0 N–H and O–H groups in total. The van der Waals surface area contributed by atoms with Crippen molar-refractivity contribution in [3.8, 4) is 0 Å². The van der Waals surface area contributed by atoms with Crippen LogP contribution in [0.15, 0.2) is 0 Å². The van der Waals surface area contributed by atoms with Gasteiger partial charge in [0.15, 0.2) is 0 Å². The first-order valence-electron chi connectivity index (χ1n) is 7.04. The van der Waals surface area contributed by atoms with E-state index in [0.29, 0.717) is 7.92 Å². The van der Waals surface area contributed by atoms with Gasteiger partial charge in [-0.1, -0.05) is 47.0 Å². The van der Waals surface area contributed by atoms with Crippen LogP contribution in [0.25, 0.3) is 0 Å². The standard InChI is InChI=1S/C14H31P/c1-5-9-12-15(13-10-6-2)14(8-4)11-7-3/h14H,5-13H2,1-4H3. The first-order valence-corrected chi connectivity index (χ1v) is 8.82. The summed E-state index contributed by atoms with van der Waals surface area (Å²) in [5.74, 6) is 0. The van der Waals surface area contributed by atoms with Gasteiger partial charge in [0.2, 0.25) is 0 Å². The Morgan fingerprint density at radius 1 is 0.800 bits per heavy atom. The lowest BCUT2D eigenvalue weighted by Crippen LogP contribution is -2.08. The number of unbranched alkanes of at least 4 members (excludes halogenated alkanes) is 2. The van der Waals surface area contributed by atoms with Crippen molar-refractivity contribution in [2.24, 2.45) is 0 Å². The van der Waals surface area contributed by atoms with Crippen LogP contribution in [0, 0.1) is 0 Å². The fraction of sp³-hybridized carbons (Fsp3) is 1.00. The zero-order valence-corrected chi connectivity index (χ0v) is 12.3. The van der Waals surface area contributed by atoms with Crippen LogP contribution < -0.4 is 0 Å². The minimum atomic E-state index is 0.358. The molecule has 0 radical (unpaired) electrons. The Balaban J connectivity index is 4.02. The van der Waals surface area contributed by atoms with Gasteiger partial charge in [-0.25, -0.2) is 0 Å². The van der Waals surface area contributed by atoms with E-state index >= 15 is 0 Å².